The van der Waals surface area contributed by atoms with E-state index in [2.05, 4.69) is 17.6 Å². The Morgan fingerprint density at radius 3 is 2.88 bits per heavy atom. The zero-order valence-electron chi connectivity index (χ0n) is 10.6. The van der Waals surface area contributed by atoms with Gasteiger partial charge in [0.05, 0.1) is 11.6 Å². The van der Waals surface area contributed by atoms with Crippen molar-refractivity contribution in [2.24, 2.45) is 0 Å². The molecule has 4 heteroatoms. The van der Waals surface area contributed by atoms with Crippen LogP contribution in [-0.2, 0) is 9.53 Å². The molecule has 1 fully saturated rings. The lowest BCUT2D eigenvalue weighted by atomic mass is 9.91. The molecule has 0 radical (unpaired) electrons. The minimum atomic E-state index is -0.317. The summed E-state index contributed by atoms with van der Waals surface area (Å²) in [5.74, 6) is 0.135. The van der Waals surface area contributed by atoms with Gasteiger partial charge >= 0.3 is 0 Å². The maximum atomic E-state index is 12.1. The van der Waals surface area contributed by atoms with Gasteiger partial charge in [-0.3, -0.25) is 4.79 Å². The van der Waals surface area contributed by atoms with Gasteiger partial charge in [0.25, 0.3) is 0 Å². The van der Waals surface area contributed by atoms with Crippen molar-refractivity contribution < 1.29 is 9.53 Å². The van der Waals surface area contributed by atoms with E-state index in [9.17, 15) is 4.79 Å². The molecule has 0 aromatic carbocycles. The quantitative estimate of drug-likeness (QED) is 0.714. The first-order chi connectivity index (χ1) is 7.64. The van der Waals surface area contributed by atoms with Gasteiger partial charge in [-0.25, -0.2) is 0 Å². The van der Waals surface area contributed by atoms with E-state index < -0.39 is 0 Å². The third kappa shape index (κ3) is 3.19. The van der Waals surface area contributed by atoms with Crippen LogP contribution in [0.1, 0.15) is 39.5 Å². The second-order valence-electron chi connectivity index (χ2n) is 4.62. The molecule has 1 heterocycles. The summed E-state index contributed by atoms with van der Waals surface area (Å²) >= 11 is 0. The molecule has 1 rings (SSSR count). The summed E-state index contributed by atoms with van der Waals surface area (Å²) in [7, 11) is 1.66. The lowest BCUT2D eigenvalue weighted by Crippen LogP contribution is -2.54. The summed E-state index contributed by atoms with van der Waals surface area (Å²) in [5, 5.41) is 6.33. The Bertz CT molecular complexity index is 225. The van der Waals surface area contributed by atoms with E-state index in [-0.39, 0.29) is 17.6 Å². The molecule has 2 unspecified atom stereocenters. The van der Waals surface area contributed by atoms with E-state index in [1.54, 1.807) is 7.11 Å². The fourth-order valence-electron chi connectivity index (χ4n) is 2.24. The summed E-state index contributed by atoms with van der Waals surface area (Å²) in [5.41, 5.74) is -0.317. The highest BCUT2D eigenvalue weighted by atomic mass is 16.5. The Morgan fingerprint density at radius 2 is 2.38 bits per heavy atom. The lowest BCUT2D eigenvalue weighted by molar-refractivity contribution is -0.128. The van der Waals surface area contributed by atoms with Crippen LogP contribution in [0.2, 0.25) is 0 Å². The number of methoxy groups -OCH3 is 1. The topological polar surface area (TPSA) is 50.4 Å². The van der Waals surface area contributed by atoms with Crippen LogP contribution in [0.15, 0.2) is 0 Å². The number of hydrogen-bond acceptors (Lipinski definition) is 3. The van der Waals surface area contributed by atoms with E-state index in [1.807, 2.05) is 6.92 Å². The third-order valence-corrected chi connectivity index (χ3v) is 3.31. The zero-order chi connectivity index (χ0) is 12.0. The molecule has 1 aliphatic rings. The molecule has 94 valence electrons. The molecule has 2 atom stereocenters. The Hall–Kier alpha value is -0.610. The molecule has 1 aliphatic heterocycles. The van der Waals surface area contributed by atoms with Crippen LogP contribution in [0.5, 0.6) is 0 Å². The molecular formula is C12H24N2O2. The predicted molar refractivity (Wildman–Crippen MR) is 64.4 cm³/mol. The van der Waals surface area contributed by atoms with E-state index >= 15 is 0 Å². The Morgan fingerprint density at radius 1 is 1.62 bits per heavy atom. The van der Waals surface area contributed by atoms with Crippen molar-refractivity contribution in [2.45, 2.75) is 51.2 Å². The monoisotopic (exact) mass is 228 g/mol. The molecule has 0 bridgehead atoms. The highest BCUT2D eigenvalue weighted by Crippen LogP contribution is 2.24. The number of ether oxygens (including phenoxy) is 1. The first-order valence-electron chi connectivity index (χ1n) is 6.20. The molecule has 4 nitrogen and oxygen atoms in total. The Kier molecular flexibility index (Phi) is 5.22. The van der Waals surface area contributed by atoms with E-state index in [0.29, 0.717) is 6.54 Å². The summed E-state index contributed by atoms with van der Waals surface area (Å²) < 4.78 is 5.12. The largest absolute Gasteiger partial charge is 0.380 e. The van der Waals surface area contributed by atoms with E-state index in [1.165, 1.54) is 0 Å². The van der Waals surface area contributed by atoms with Crippen LogP contribution in [0.3, 0.4) is 0 Å². The van der Waals surface area contributed by atoms with Gasteiger partial charge in [-0.2, -0.15) is 0 Å². The van der Waals surface area contributed by atoms with Crippen LogP contribution < -0.4 is 10.6 Å². The molecule has 0 aromatic rings. The number of amides is 1. The van der Waals surface area contributed by atoms with Crippen LogP contribution in [0.4, 0.5) is 0 Å². The fourth-order valence-corrected chi connectivity index (χ4v) is 2.24. The normalized spacial score (nSPS) is 26.7. The van der Waals surface area contributed by atoms with Crippen molar-refractivity contribution in [3.8, 4) is 0 Å². The maximum Gasteiger partial charge on any atom is 0.240 e. The average molecular weight is 228 g/mol. The van der Waals surface area contributed by atoms with Crippen LogP contribution in [0, 0.1) is 0 Å². The van der Waals surface area contributed by atoms with Gasteiger partial charge in [-0.1, -0.05) is 13.3 Å². The fraction of sp³-hybridized carbons (Fsp3) is 0.917. The average Bonchev–Trinajstić information content (AvgIpc) is 2.75. The van der Waals surface area contributed by atoms with Crippen LogP contribution in [-0.4, -0.2) is 37.7 Å². The SMILES string of the molecule is CCCC1(C(=O)NCC(C)OC)CCCN1. The van der Waals surface area contributed by atoms with E-state index in [4.69, 9.17) is 4.74 Å². The number of hydrogen-bond donors (Lipinski definition) is 2. The smallest absolute Gasteiger partial charge is 0.240 e. The second kappa shape index (κ2) is 6.21. The summed E-state index contributed by atoms with van der Waals surface area (Å²) in [6.45, 7) is 5.61. The first kappa shape index (κ1) is 13.5. The minimum absolute atomic E-state index is 0.0732. The summed E-state index contributed by atoms with van der Waals surface area (Å²) in [6.07, 6.45) is 4.06. The van der Waals surface area contributed by atoms with Crippen molar-refractivity contribution >= 4 is 5.91 Å². The Labute approximate surface area is 98.1 Å². The number of carbonyl (C=O) groups is 1. The van der Waals surface area contributed by atoms with Gasteiger partial charge in [0.1, 0.15) is 0 Å². The minimum Gasteiger partial charge on any atom is -0.380 e. The van der Waals surface area contributed by atoms with Crippen molar-refractivity contribution in [3.63, 3.8) is 0 Å². The second-order valence-corrected chi connectivity index (χ2v) is 4.62. The van der Waals surface area contributed by atoms with Crippen molar-refractivity contribution in [2.75, 3.05) is 20.2 Å². The Balaban J connectivity index is 2.48. The molecule has 0 aliphatic carbocycles. The number of rotatable bonds is 6. The summed E-state index contributed by atoms with van der Waals surface area (Å²) in [4.78, 5) is 12.1. The molecule has 0 spiro atoms. The van der Waals surface area contributed by atoms with E-state index in [0.717, 1.165) is 32.2 Å². The van der Waals surface area contributed by atoms with Gasteiger partial charge < -0.3 is 15.4 Å². The lowest BCUT2D eigenvalue weighted by Gasteiger charge is -2.28. The summed E-state index contributed by atoms with van der Waals surface area (Å²) in [6, 6.07) is 0. The molecule has 1 amide bonds. The number of carbonyl (C=O) groups excluding carboxylic acids is 1. The molecule has 1 saturated heterocycles. The molecule has 0 aromatic heterocycles. The van der Waals surface area contributed by atoms with Crippen molar-refractivity contribution in [3.05, 3.63) is 0 Å². The molecule has 2 N–H and O–H groups in total. The third-order valence-electron chi connectivity index (χ3n) is 3.31. The molecular weight excluding hydrogens is 204 g/mol. The van der Waals surface area contributed by atoms with Gasteiger partial charge in [0, 0.05) is 13.7 Å². The maximum absolute atomic E-state index is 12.1. The van der Waals surface area contributed by atoms with Crippen molar-refractivity contribution in [1.82, 2.24) is 10.6 Å². The van der Waals surface area contributed by atoms with Crippen LogP contribution in [0.25, 0.3) is 0 Å². The van der Waals surface area contributed by atoms with Gasteiger partial charge in [-0.15, -0.1) is 0 Å². The molecule has 16 heavy (non-hydrogen) atoms. The predicted octanol–water partition coefficient (Wildman–Crippen LogP) is 1.06. The molecule has 0 saturated carbocycles. The van der Waals surface area contributed by atoms with Gasteiger partial charge in [-0.05, 0) is 32.7 Å². The standard InChI is InChI=1S/C12H24N2O2/c1-4-6-12(7-5-8-14-12)11(15)13-9-10(2)16-3/h10,14H,4-9H2,1-3H3,(H,13,15). The zero-order valence-corrected chi connectivity index (χ0v) is 10.6. The van der Waals surface area contributed by atoms with Gasteiger partial charge in [0.15, 0.2) is 0 Å². The van der Waals surface area contributed by atoms with Gasteiger partial charge in [0.2, 0.25) is 5.91 Å². The highest BCUT2D eigenvalue weighted by Gasteiger charge is 2.39. The van der Waals surface area contributed by atoms with Crippen LogP contribution >= 0.6 is 0 Å². The first-order valence-corrected chi connectivity index (χ1v) is 6.20. The highest BCUT2D eigenvalue weighted by molar-refractivity contribution is 5.86. The number of nitrogens with one attached hydrogen (secondary N) is 2. The van der Waals surface area contributed by atoms with Crippen molar-refractivity contribution in [1.29, 1.82) is 0 Å².